The minimum Gasteiger partial charge on any atom is -0.463 e. The number of carbonyl (C=O) groups is 1. The summed E-state index contributed by atoms with van der Waals surface area (Å²) in [6, 6.07) is 7.65. The number of imidazole rings is 1. The van der Waals surface area contributed by atoms with Crippen molar-refractivity contribution >= 4 is 17.0 Å². The number of benzene rings is 1. The molecule has 0 aliphatic carbocycles. The van der Waals surface area contributed by atoms with Gasteiger partial charge in [-0.25, -0.2) is 9.78 Å². The average molecular weight is 204 g/mol. The van der Waals surface area contributed by atoms with Crippen molar-refractivity contribution in [3.05, 3.63) is 30.1 Å². The lowest BCUT2D eigenvalue weighted by Crippen LogP contribution is -2.10. The van der Waals surface area contributed by atoms with Crippen LogP contribution in [0.2, 0.25) is 0 Å². The molecule has 0 aliphatic heterocycles. The normalized spacial score (nSPS) is 10.5. The number of para-hydroxylation sites is 2. The van der Waals surface area contributed by atoms with Gasteiger partial charge in [-0.1, -0.05) is 12.1 Å². The molecule has 0 saturated heterocycles. The van der Waals surface area contributed by atoms with Crippen LogP contribution in [-0.4, -0.2) is 22.6 Å². The molecule has 1 aromatic heterocycles. The van der Waals surface area contributed by atoms with Gasteiger partial charge in [0.2, 0.25) is 5.82 Å². The first-order valence-electron chi connectivity index (χ1n) is 4.81. The van der Waals surface area contributed by atoms with Crippen molar-refractivity contribution in [2.45, 2.75) is 13.5 Å². The Morgan fingerprint density at radius 2 is 2.20 bits per heavy atom. The summed E-state index contributed by atoms with van der Waals surface area (Å²) in [5.41, 5.74) is 1.78. The van der Waals surface area contributed by atoms with Gasteiger partial charge in [0.05, 0.1) is 18.1 Å². The predicted molar refractivity (Wildman–Crippen MR) is 56.7 cm³/mol. The zero-order valence-corrected chi connectivity index (χ0v) is 8.73. The van der Waals surface area contributed by atoms with Crippen LogP contribution in [0.4, 0.5) is 0 Å². The van der Waals surface area contributed by atoms with Gasteiger partial charge in [-0.2, -0.15) is 0 Å². The van der Waals surface area contributed by atoms with Crippen LogP contribution in [0.1, 0.15) is 17.5 Å². The average Bonchev–Trinajstić information content (AvgIpc) is 2.66. The van der Waals surface area contributed by atoms with Gasteiger partial charge in [0.15, 0.2) is 0 Å². The van der Waals surface area contributed by atoms with E-state index in [1.165, 1.54) is 7.11 Å². The van der Waals surface area contributed by atoms with E-state index in [0.717, 1.165) is 11.0 Å². The monoisotopic (exact) mass is 204 g/mol. The largest absolute Gasteiger partial charge is 0.463 e. The van der Waals surface area contributed by atoms with Gasteiger partial charge in [0.25, 0.3) is 0 Å². The zero-order valence-electron chi connectivity index (χ0n) is 8.73. The highest BCUT2D eigenvalue weighted by molar-refractivity contribution is 5.91. The predicted octanol–water partition coefficient (Wildman–Crippen LogP) is 1.84. The van der Waals surface area contributed by atoms with Crippen molar-refractivity contribution in [3.63, 3.8) is 0 Å². The van der Waals surface area contributed by atoms with E-state index in [2.05, 4.69) is 9.72 Å². The van der Waals surface area contributed by atoms with Crippen molar-refractivity contribution < 1.29 is 9.53 Å². The molecule has 0 saturated carbocycles. The van der Waals surface area contributed by atoms with Gasteiger partial charge in [0.1, 0.15) is 0 Å². The number of rotatable bonds is 2. The molecule has 0 unspecified atom stereocenters. The zero-order chi connectivity index (χ0) is 10.8. The molecule has 4 nitrogen and oxygen atoms in total. The summed E-state index contributed by atoms with van der Waals surface area (Å²) in [7, 11) is 1.36. The summed E-state index contributed by atoms with van der Waals surface area (Å²) < 4.78 is 6.53. The molecule has 0 N–H and O–H groups in total. The Morgan fingerprint density at radius 3 is 2.87 bits per heavy atom. The first-order valence-corrected chi connectivity index (χ1v) is 4.81. The number of esters is 1. The summed E-state index contributed by atoms with van der Waals surface area (Å²) in [5, 5.41) is 0. The van der Waals surface area contributed by atoms with E-state index in [4.69, 9.17) is 0 Å². The molecule has 0 aliphatic rings. The van der Waals surface area contributed by atoms with Crippen LogP contribution in [0.3, 0.4) is 0 Å². The molecule has 15 heavy (non-hydrogen) atoms. The lowest BCUT2D eigenvalue weighted by Gasteiger charge is -2.03. The number of hydrogen-bond acceptors (Lipinski definition) is 3. The van der Waals surface area contributed by atoms with Crippen molar-refractivity contribution in [1.29, 1.82) is 0 Å². The summed E-state index contributed by atoms with van der Waals surface area (Å²) in [6.07, 6.45) is 0. The number of fused-ring (bicyclic) bond motifs is 1. The topological polar surface area (TPSA) is 44.1 Å². The number of nitrogens with zero attached hydrogens (tertiary/aromatic N) is 2. The molecule has 2 rings (SSSR count). The molecule has 2 aromatic rings. The van der Waals surface area contributed by atoms with Crippen LogP contribution in [0, 0.1) is 0 Å². The quantitative estimate of drug-likeness (QED) is 0.701. The van der Waals surface area contributed by atoms with Crippen LogP contribution >= 0.6 is 0 Å². The minimum atomic E-state index is -0.395. The van der Waals surface area contributed by atoms with Gasteiger partial charge in [-0.15, -0.1) is 0 Å². The van der Waals surface area contributed by atoms with Crippen molar-refractivity contribution in [2.24, 2.45) is 0 Å². The first kappa shape index (κ1) is 9.71. The van der Waals surface area contributed by atoms with Crippen LogP contribution in [-0.2, 0) is 11.3 Å². The van der Waals surface area contributed by atoms with E-state index < -0.39 is 5.97 Å². The lowest BCUT2D eigenvalue weighted by atomic mass is 10.3. The molecule has 78 valence electrons. The Labute approximate surface area is 87.5 Å². The molecule has 0 atom stereocenters. The molecule has 1 aromatic carbocycles. The third-order valence-corrected chi connectivity index (χ3v) is 2.34. The number of ether oxygens (including phenoxy) is 1. The lowest BCUT2D eigenvalue weighted by molar-refractivity contribution is 0.0582. The maximum Gasteiger partial charge on any atom is 0.374 e. The van der Waals surface area contributed by atoms with Crippen LogP contribution < -0.4 is 0 Å². The fraction of sp³-hybridized carbons (Fsp3) is 0.273. The van der Waals surface area contributed by atoms with E-state index in [1.54, 1.807) is 0 Å². The number of hydrogen-bond donors (Lipinski definition) is 0. The second-order valence-corrected chi connectivity index (χ2v) is 3.16. The Hall–Kier alpha value is -1.84. The van der Waals surface area contributed by atoms with Gasteiger partial charge < -0.3 is 9.30 Å². The smallest absolute Gasteiger partial charge is 0.374 e. The van der Waals surface area contributed by atoms with E-state index in [9.17, 15) is 4.79 Å². The van der Waals surface area contributed by atoms with Gasteiger partial charge in [0, 0.05) is 6.54 Å². The maximum atomic E-state index is 11.5. The van der Waals surface area contributed by atoms with Gasteiger partial charge in [-0.3, -0.25) is 0 Å². The highest BCUT2D eigenvalue weighted by atomic mass is 16.5. The summed E-state index contributed by atoms with van der Waals surface area (Å²) >= 11 is 0. The first-order chi connectivity index (χ1) is 7.27. The van der Waals surface area contributed by atoms with Crippen LogP contribution in [0.15, 0.2) is 24.3 Å². The molecule has 4 heteroatoms. The molecular formula is C11H12N2O2. The van der Waals surface area contributed by atoms with Crippen molar-refractivity contribution in [2.75, 3.05) is 7.11 Å². The second kappa shape index (κ2) is 3.73. The SMILES string of the molecule is CCn1c(C(=O)OC)nc2ccccc21. The maximum absolute atomic E-state index is 11.5. The molecule has 0 fully saturated rings. The number of aryl methyl sites for hydroxylation is 1. The molecule has 0 bridgehead atoms. The van der Waals surface area contributed by atoms with E-state index in [-0.39, 0.29) is 0 Å². The molecular weight excluding hydrogens is 192 g/mol. The third kappa shape index (κ3) is 1.48. The summed E-state index contributed by atoms with van der Waals surface area (Å²) in [6.45, 7) is 2.67. The van der Waals surface area contributed by atoms with Crippen molar-refractivity contribution in [1.82, 2.24) is 9.55 Å². The van der Waals surface area contributed by atoms with E-state index in [0.29, 0.717) is 12.4 Å². The highest BCUT2D eigenvalue weighted by Gasteiger charge is 2.16. The van der Waals surface area contributed by atoms with Gasteiger partial charge in [-0.05, 0) is 19.1 Å². The van der Waals surface area contributed by atoms with Crippen LogP contribution in [0.25, 0.3) is 11.0 Å². The Kier molecular flexibility index (Phi) is 2.41. The Morgan fingerprint density at radius 1 is 1.47 bits per heavy atom. The Bertz CT molecular complexity index is 502. The minimum absolute atomic E-state index is 0.362. The molecule has 0 radical (unpaired) electrons. The van der Waals surface area contributed by atoms with Gasteiger partial charge >= 0.3 is 5.97 Å². The van der Waals surface area contributed by atoms with E-state index >= 15 is 0 Å². The van der Waals surface area contributed by atoms with Crippen molar-refractivity contribution in [3.8, 4) is 0 Å². The number of methoxy groups -OCH3 is 1. The molecule has 0 amide bonds. The Balaban J connectivity index is 2.69. The summed E-state index contributed by atoms with van der Waals surface area (Å²) in [5.74, 6) is -0.0331. The van der Waals surface area contributed by atoms with Crippen LogP contribution in [0.5, 0.6) is 0 Å². The highest BCUT2D eigenvalue weighted by Crippen LogP contribution is 2.16. The molecule has 1 heterocycles. The second-order valence-electron chi connectivity index (χ2n) is 3.16. The number of carbonyl (C=O) groups excluding carboxylic acids is 1. The fourth-order valence-corrected chi connectivity index (χ4v) is 1.64. The standard InChI is InChI=1S/C11H12N2O2/c1-3-13-9-7-5-4-6-8(9)12-10(13)11(14)15-2/h4-7H,3H2,1-2H3. The molecule has 0 spiro atoms. The number of aromatic nitrogens is 2. The third-order valence-electron chi connectivity index (χ3n) is 2.34. The summed E-state index contributed by atoms with van der Waals surface area (Å²) in [4.78, 5) is 15.7. The fourth-order valence-electron chi connectivity index (χ4n) is 1.64. The van der Waals surface area contributed by atoms with E-state index in [1.807, 2.05) is 35.8 Å².